The average Bonchev–Trinajstić information content (AvgIpc) is 1.62. The lowest BCUT2D eigenvalue weighted by Gasteiger charge is -2.13. The number of amides is 1. The van der Waals surface area contributed by atoms with Gasteiger partial charge in [-0.05, 0) is 0 Å². The van der Waals surface area contributed by atoms with Crippen molar-refractivity contribution in [3.8, 4) is 0 Å². The van der Waals surface area contributed by atoms with Gasteiger partial charge in [0.2, 0.25) is 5.91 Å². The van der Waals surface area contributed by atoms with Crippen molar-refractivity contribution in [1.29, 1.82) is 0 Å². The number of hydrogen-bond acceptors (Lipinski definition) is 2. The van der Waals surface area contributed by atoms with E-state index in [1.54, 1.807) is 0 Å². The van der Waals surface area contributed by atoms with Gasteiger partial charge >= 0.3 is 0 Å². The Kier molecular flexibility index (Phi) is 2.34. The van der Waals surface area contributed by atoms with E-state index < -0.39 is 0 Å². The average molecular weight is 133 g/mol. The first-order chi connectivity index (χ1) is 3.48. The normalized spacial score (nSPS) is 11.0. The van der Waals surface area contributed by atoms with Crippen LogP contribution in [0.15, 0.2) is 0 Å². The van der Waals surface area contributed by atoms with Gasteiger partial charge in [-0.2, -0.15) is 0 Å². The molecule has 0 fully saturated rings. The lowest BCUT2D eigenvalue weighted by Crippen LogP contribution is -2.28. The summed E-state index contributed by atoms with van der Waals surface area (Å²) in [6.45, 7) is 5.50. The fourth-order valence-electron chi connectivity index (χ4n) is 0.168. The van der Waals surface area contributed by atoms with Crippen molar-refractivity contribution < 1.29 is 4.79 Å². The van der Waals surface area contributed by atoms with E-state index in [0.717, 1.165) is 0 Å². The van der Waals surface area contributed by atoms with E-state index in [1.807, 2.05) is 20.8 Å². The van der Waals surface area contributed by atoms with Crippen molar-refractivity contribution in [3.63, 3.8) is 0 Å². The zero-order chi connectivity index (χ0) is 6.78. The van der Waals surface area contributed by atoms with Crippen molar-refractivity contribution in [2.45, 2.75) is 20.8 Å². The minimum atomic E-state index is -0.318. The monoisotopic (exact) mass is 133 g/mol. The van der Waals surface area contributed by atoms with Crippen molar-refractivity contribution in [3.05, 3.63) is 0 Å². The molecule has 0 aliphatic heterocycles. The van der Waals surface area contributed by atoms with Gasteiger partial charge in [-0.3, -0.25) is 4.79 Å². The van der Waals surface area contributed by atoms with Crippen molar-refractivity contribution in [1.82, 2.24) is 4.72 Å². The van der Waals surface area contributed by atoms with Gasteiger partial charge in [0, 0.05) is 5.41 Å². The minimum absolute atomic E-state index is 0.0548. The Hall–Kier alpha value is -0.180. The Balaban J connectivity index is 3.82. The quantitative estimate of drug-likeness (QED) is 0.474. The Labute approximate surface area is 55.2 Å². The molecule has 1 N–H and O–H groups in total. The van der Waals surface area contributed by atoms with Crippen LogP contribution in [0, 0.1) is 5.41 Å². The van der Waals surface area contributed by atoms with Crippen LogP contribution in [0.1, 0.15) is 20.8 Å². The molecule has 2 nitrogen and oxygen atoms in total. The Morgan fingerprint density at radius 3 is 1.88 bits per heavy atom. The molecule has 0 bridgehead atoms. The van der Waals surface area contributed by atoms with Crippen LogP contribution in [-0.2, 0) is 4.79 Å². The van der Waals surface area contributed by atoms with Gasteiger partial charge in [-0.1, -0.05) is 33.6 Å². The van der Waals surface area contributed by atoms with E-state index in [4.69, 9.17) is 0 Å². The van der Waals surface area contributed by atoms with Crippen LogP contribution in [-0.4, -0.2) is 5.91 Å². The maximum atomic E-state index is 10.6. The number of hydrogen-bond donors (Lipinski definition) is 2. The predicted molar refractivity (Wildman–Crippen MR) is 36.6 cm³/mol. The smallest absolute Gasteiger partial charge is 0.234 e. The molecule has 0 aliphatic carbocycles. The molecule has 0 heterocycles. The summed E-state index contributed by atoms with van der Waals surface area (Å²) in [5.41, 5.74) is -0.318. The van der Waals surface area contributed by atoms with E-state index in [1.165, 1.54) is 0 Å². The SMILES string of the molecule is CC(C)(C)C(=O)NS. The fraction of sp³-hybridized carbons (Fsp3) is 0.800. The lowest BCUT2D eigenvalue weighted by molar-refractivity contribution is -0.126. The lowest BCUT2D eigenvalue weighted by atomic mass is 9.96. The van der Waals surface area contributed by atoms with E-state index in [0.29, 0.717) is 0 Å². The number of nitrogens with one attached hydrogen (secondary N) is 1. The third-order valence-corrected chi connectivity index (χ3v) is 0.986. The molecule has 1 amide bonds. The molecular weight excluding hydrogens is 122 g/mol. The molecule has 0 saturated carbocycles. The molecule has 48 valence electrons. The highest BCUT2D eigenvalue weighted by atomic mass is 32.1. The van der Waals surface area contributed by atoms with Gasteiger partial charge in [0.1, 0.15) is 0 Å². The van der Waals surface area contributed by atoms with Crippen LogP contribution in [0.25, 0.3) is 0 Å². The standard InChI is InChI=1S/C5H11NOS/c1-5(2,3)4(7)6-8/h8H,1-3H3,(H,6,7). The van der Waals surface area contributed by atoms with Crippen LogP contribution >= 0.6 is 12.8 Å². The minimum Gasteiger partial charge on any atom is -0.302 e. The predicted octanol–water partition coefficient (Wildman–Crippen LogP) is 0.994. The molecule has 0 unspecified atom stereocenters. The maximum absolute atomic E-state index is 10.6. The zero-order valence-corrected chi connectivity index (χ0v) is 6.25. The number of thiol groups is 1. The van der Waals surface area contributed by atoms with Crippen LogP contribution < -0.4 is 4.72 Å². The number of rotatable bonds is 0. The molecule has 0 spiro atoms. The summed E-state index contributed by atoms with van der Waals surface area (Å²) < 4.78 is 2.26. The van der Waals surface area contributed by atoms with Gasteiger partial charge in [-0.25, -0.2) is 0 Å². The second-order valence-electron chi connectivity index (χ2n) is 2.69. The molecular formula is C5H11NOS. The fourth-order valence-corrected chi connectivity index (χ4v) is 0.503. The summed E-state index contributed by atoms with van der Waals surface area (Å²) >= 11 is 3.61. The van der Waals surface area contributed by atoms with Gasteiger partial charge in [0.25, 0.3) is 0 Å². The van der Waals surface area contributed by atoms with E-state index in [-0.39, 0.29) is 11.3 Å². The Morgan fingerprint density at radius 1 is 1.50 bits per heavy atom. The highest BCUT2D eigenvalue weighted by Crippen LogP contribution is 2.12. The number of carbonyl (C=O) groups is 1. The third kappa shape index (κ3) is 2.21. The van der Waals surface area contributed by atoms with Gasteiger partial charge in [-0.15, -0.1) is 0 Å². The van der Waals surface area contributed by atoms with Crippen LogP contribution in [0.3, 0.4) is 0 Å². The summed E-state index contributed by atoms with van der Waals surface area (Å²) in [4.78, 5) is 10.6. The molecule has 0 saturated heterocycles. The van der Waals surface area contributed by atoms with E-state index >= 15 is 0 Å². The maximum Gasteiger partial charge on any atom is 0.234 e. The molecule has 8 heavy (non-hydrogen) atoms. The van der Waals surface area contributed by atoms with Crippen molar-refractivity contribution in [2.24, 2.45) is 5.41 Å². The molecule has 0 aromatic heterocycles. The molecule has 0 aliphatic rings. The molecule has 0 atom stereocenters. The third-order valence-electron chi connectivity index (χ3n) is 0.783. The van der Waals surface area contributed by atoms with E-state index in [9.17, 15) is 4.79 Å². The topological polar surface area (TPSA) is 29.1 Å². The first-order valence-corrected chi connectivity index (χ1v) is 2.87. The number of carbonyl (C=O) groups excluding carboxylic acids is 1. The molecule has 3 heteroatoms. The Morgan fingerprint density at radius 2 is 1.88 bits per heavy atom. The van der Waals surface area contributed by atoms with Crippen LogP contribution in [0.4, 0.5) is 0 Å². The van der Waals surface area contributed by atoms with Crippen LogP contribution in [0.5, 0.6) is 0 Å². The van der Waals surface area contributed by atoms with Gasteiger partial charge < -0.3 is 4.72 Å². The first-order valence-electron chi connectivity index (χ1n) is 2.43. The molecule has 0 rings (SSSR count). The summed E-state index contributed by atoms with van der Waals surface area (Å²) in [5.74, 6) is -0.0548. The van der Waals surface area contributed by atoms with E-state index in [2.05, 4.69) is 17.5 Å². The van der Waals surface area contributed by atoms with Crippen molar-refractivity contribution in [2.75, 3.05) is 0 Å². The highest BCUT2D eigenvalue weighted by Gasteiger charge is 2.19. The van der Waals surface area contributed by atoms with Gasteiger partial charge in [0.15, 0.2) is 0 Å². The zero-order valence-electron chi connectivity index (χ0n) is 5.36. The summed E-state index contributed by atoms with van der Waals surface area (Å²) in [7, 11) is 0. The Bertz CT molecular complexity index is 95.1. The summed E-state index contributed by atoms with van der Waals surface area (Å²) in [6, 6.07) is 0. The molecule has 0 aromatic carbocycles. The summed E-state index contributed by atoms with van der Waals surface area (Å²) in [6.07, 6.45) is 0. The second kappa shape index (κ2) is 2.40. The van der Waals surface area contributed by atoms with Crippen LogP contribution in [0.2, 0.25) is 0 Å². The highest BCUT2D eigenvalue weighted by molar-refractivity contribution is 7.78. The molecule has 0 radical (unpaired) electrons. The molecule has 0 aromatic rings. The second-order valence-corrected chi connectivity index (χ2v) is 2.91. The summed E-state index contributed by atoms with van der Waals surface area (Å²) in [5, 5.41) is 0. The van der Waals surface area contributed by atoms with Gasteiger partial charge in [0.05, 0.1) is 0 Å². The first kappa shape index (κ1) is 7.82. The van der Waals surface area contributed by atoms with Crippen molar-refractivity contribution >= 4 is 18.7 Å². The largest absolute Gasteiger partial charge is 0.302 e.